The zero-order chi connectivity index (χ0) is 17.3. The van der Waals surface area contributed by atoms with Crippen molar-refractivity contribution in [3.8, 4) is 11.4 Å². The van der Waals surface area contributed by atoms with Gasteiger partial charge in [0.2, 0.25) is 5.82 Å². The van der Waals surface area contributed by atoms with Crippen molar-refractivity contribution in [3.05, 3.63) is 29.8 Å². The average Bonchev–Trinajstić information content (AvgIpc) is 3.04. The van der Waals surface area contributed by atoms with E-state index in [1.165, 1.54) is 17.0 Å². The number of hydrogen-bond donors (Lipinski definition) is 1. The van der Waals surface area contributed by atoms with Crippen LogP contribution in [-0.4, -0.2) is 52.4 Å². The fourth-order valence-electron chi connectivity index (χ4n) is 2.36. The molecule has 0 bridgehead atoms. The summed E-state index contributed by atoms with van der Waals surface area (Å²) in [4.78, 5) is 18.0. The van der Waals surface area contributed by atoms with Crippen LogP contribution in [0.4, 0.5) is 24.0 Å². The molecule has 1 N–H and O–H groups in total. The minimum atomic E-state index is -4.40. The Labute approximate surface area is 134 Å². The zero-order valence-corrected chi connectivity index (χ0v) is 12.3. The second kappa shape index (κ2) is 6.02. The average molecular weight is 342 g/mol. The summed E-state index contributed by atoms with van der Waals surface area (Å²) >= 11 is 0. The monoisotopic (exact) mass is 342 g/mol. The third-order valence-corrected chi connectivity index (χ3v) is 3.71. The molecule has 1 aliphatic heterocycles. The van der Waals surface area contributed by atoms with Crippen molar-refractivity contribution in [2.75, 3.05) is 31.1 Å². The lowest BCUT2D eigenvalue weighted by atomic mass is 10.1. The molecule has 1 aromatic heterocycles. The van der Waals surface area contributed by atoms with E-state index in [2.05, 4.69) is 10.1 Å². The summed E-state index contributed by atoms with van der Waals surface area (Å²) in [7, 11) is 0. The summed E-state index contributed by atoms with van der Waals surface area (Å²) < 4.78 is 42.8. The van der Waals surface area contributed by atoms with Gasteiger partial charge in [-0.25, -0.2) is 4.79 Å². The van der Waals surface area contributed by atoms with Crippen LogP contribution < -0.4 is 4.90 Å². The maximum atomic E-state index is 12.6. The highest BCUT2D eigenvalue weighted by Gasteiger charge is 2.30. The van der Waals surface area contributed by atoms with E-state index >= 15 is 0 Å². The predicted octanol–water partition coefficient (Wildman–Crippen LogP) is 2.56. The molecular weight excluding hydrogens is 329 g/mol. The maximum Gasteiger partial charge on any atom is 0.416 e. The molecule has 0 spiro atoms. The first-order valence-electron chi connectivity index (χ1n) is 7.09. The van der Waals surface area contributed by atoms with Gasteiger partial charge in [0.15, 0.2) is 0 Å². The van der Waals surface area contributed by atoms with Crippen LogP contribution in [0.25, 0.3) is 11.4 Å². The summed E-state index contributed by atoms with van der Waals surface area (Å²) in [6.45, 7) is 1.43. The number of hydrogen-bond acceptors (Lipinski definition) is 5. The second-order valence-electron chi connectivity index (χ2n) is 5.23. The first kappa shape index (κ1) is 16.1. The smallest absolute Gasteiger partial charge is 0.416 e. The standard InChI is InChI=1S/C14H13F3N4O3/c15-14(16,17)10-3-1-9(2-4-10)11-18-12(24-19-11)20-5-7-21(8-6-20)13(22)23/h1-4H,5-8H2,(H,22,23). The molecule has 10 heteroatoms. The predicted molar refractivity (Wildman–Crippen MR) is 76.5 cm³/mol. The normalized spacial score (nSPS) is 15.6. The van der Waals surface area contributed by atoms with Crippen molar-refractivity contribution >= 4 is 12.1 Å². The Balaban J connectivity index is 1.71. The van der Waals surface area contributed by atoms with E-state index < -0.39 is 17.8 Å². The number of benzene rings is 1. The number of rotatable bonds is 2. The van der Waals surface area contributed by atoms with Gasteiger partial charge >= 0.3 is 18.3 Å². The molecular formula is C14H13F3N4O3. The van der Waals surface area contributed by atoms with Crippen LogP contribution in [-0.2, 0) is 6.18 Å². The molecule has 2 aromatic rings. The molecule has 2 heterocycles. The second-order valence-corrected chi connectivity index (χ2v) is 5.23. The quantitative estimate of drug-likeness (QED) is 0.903. The molecule has 0 saturated carbocycles. The van der Waals surface area contributed by atoms with Crippen molar-refractivity contribution in [2.45, 2.75) is 6.18 Å². The number of aromatic nitrogens is 2. The van der Waals surface area contributed by atoms with Crippen LogP contribution in [0.2, 0.25) is 0 Å². The van der Waals surface area contributed by atoms with Crippen molar-refractivity contribution < 1.29 is 27.6 Å². The molecule has 1 aromatic carbocycles. The Kier molecular flexibility index (Phi) is 4.04. The van der Waals surface area contributed by atoms with Crippen LogP contribution in [0.5, 0.6) is 0 Å². The minimum Gasteiger partial charge on any atom is -0.465 e. The summed E-state index contributed by atoms with van der Waals surface area (Å²) in [5.41, 5.74) is -0.345. The van der Waals surface area contributed by atoms with Gasteiger partial charge in [0.25, 0.3) is 0 Å². The van der Waals surface area contributed by atoms with Gasteiger partial charge in [0, 0.05) is 31.7 Å². The molecule has 0 aliphatic carbocycles. The van der Waals surface area contributed by atoms with E-state index in [-0.39, 0.29) is 11.8 Å². The molecule has 24 heavy (non-hydrogen) atoms. The number of amides is 1. The maximum absolute atomic E-state index is 12.6. The summed E-state index contributed by atoms with van der Waals surface area (Å²) in [6.07, 6.45) is -5.38. The lowest BCUT2D eigenvalue weighted by Gasteiger charge is -2.31. The minimum absolute atomic E-state index is 0.180. The van der Waals surface area contributed by atoms with Gasteiger partial charge in [0.05, 0.1) is 5.56 Å². The number of halogens is 3. The highest BCUT2D eigenvalue weighted by Crippen LogP contribution is 2.30. The van der Waals surface area contributed by atoms with Gasteiger partial charge < -0.3 is 19.4 Å². The summed E-state index contributed by atoms with van der Waals surface area (Å²) in [5, 5.41) is 12.7. The van der Waals surface area contributed by atoms with E-state index in [0.717, 1.165) is 12.1 Å². The van der Waals surface area contributed by atoms with Crippen molar-refractivity contribution in [2.24, 2.45) is 0 Å². The van der Waals surface area contributed by atoms with Crippen LogP contribution in [0.1, 0.15) is 5.56 Å². The fourth-order valence-corrected chi connectivity index (χ4v) is 2.36. The molecule has 0 radical (unpaired) electrons. The molecule has 1 saturated heterocycles. The van der Waals surface area contributed by atoms with Crippen molar-refractivity contribution in [1.29, 1.82) is 0 Å². The Bertz CT molecular complexity index is 722. The van der Waals surface area contributed by atoms with E-state index in [1.54, 1.807) is 4.90 Å². The highest BCUT2D eigenvalue weighted by atomic mass is 19.4. The summed E-state index contributed by atoms with van der Waals surface area (Å²) in [5.74, 6) is 0.180. The topological polar surface area (TPSA) is 82.7 Å². The Hall–Kier alpha value is -2.78. The van der Waals surface area contributed by atoms with Crippen molar-refractivity contribution in [3.63, 3.8) is 0 Å². The lowest BCUT2D eigenvalue weighted by Crippen LogP contribution is -2.48. The number of carbonyl (C=O) groups is 1. The number of piperazine rings is 1. The Morgan fingerprint density at radius 3 is 2.29 bits per heavy atom. The van der Waals surface area contributed by atoms with Gasteiger partial charge in [0.1, 0.15) is 0 Å². The van der Waals surface area contributed by atoms with Crippen LogP contribution in [0, 0.1) is 0 Å². The third kappa shape index (κ3) is 3.26. The van der Waals surface area contributed by atoms with Gasteiger partial charge in [-0.3, -0.25) is 0 Å². The molecule has 128 valence electrons. The first-order valence-corrected chi connectivity index (χ1v) is 7.09. The molecule has 0 atom stereocenters. The Morgan fingerprint density at radius 2 is 1.75 bits per heavy atom. The number of carboxylic acid groups (broad SMARTS) is 1. The van der Waals surface area contributed by atoms with Crippen molar-refractivity contribution in [1.82, 2.24) is 15.0 Å². The first-order chi connectivity index (χ1) is 11.3. The molecule has 1 fully saturated rings. The zero-order valence-electron chi connectivity index (χ0n) is 12.3. The summed E-state index contributed by atoms with van der Waals surface area (Å²) in [6, 6.07) is 4.68. The lowest BCUT2D eigenvalue weighted by molar-refractivity contribution is -0.137. The van der Waals surface area contributed by atoms with Crippen LogP contribution in [0.15, 0.2) is 28.8 Å². The number of alkyl halides is 3. The van der Waals surface area contributed by atoms with E-state index in [9.17, 15) is 18.0 Å². The van der Waals surface area contributed by atoms with Crippen LogP contribution in [0.3, 0.4) is 0 Å². The van der Waals surface area contributed by atoms with Gasteiger partial charge in [-0.2, -0.15) is 18.2 Å². The molecule has 1 amide bonds. The molecule has 0 unspecified atom stereocenters. The van der Waals surface area contributed by atoms with Gasteiger partial charge in [-0.05, 0) is 12.1 Å². The molecule has 3 rings (SSSR count). The molecule has 1 aliphatic rings. The van der Waals surface area contributed by atoms with E-state index in [0.29, 0.717) is 31.7 Å². The van der Waals surface area contributed by atoms with E-state index in [1.807, 2.05) is 0 Å². The molecule has 7 nitrogen and oxygen atoms in total. The van der Waals surface area contributed by atoms with E-state index in [4.69, 9.17) is 9.63 Å². The van der Waals surface area contributed by atoms with Gasteiger partial charge in [-0.15, -0.1) is 0 Å². The highest BCUT2D eigenvalue weighted by molar-refractivity contribution is 5.65. The number of anilines is 1. The number of nitrogens with zero attached hydrogens (tertiary/aromatic N) is 4. The van der Waals surface area contributed by atoms with Gasteiger partial charge in [-0.1, -0.05) is 17.3 Å². The third-order valence-electron chi connectivity index (χ3n) is 3.71. The SMILES string of the molecule is O=C(O)N1CCN(c2nc(-c3ccc(C(F)(F)F)cc3)no2)CC1. The fraction of sp³-hybridized carbons (Fsp3) is 0.357. The van der Waals surface area contributed by atoms with Crippen LogP contribution >= 0.6 is 0 Å². The Morgan fingerprint density at radius 1 is 1.12 bits per heavy atom. The largest absolute Gasteiger partial charge is 0.465 e.